The van der Waals surface area contributed by atoms with Gasteiger partial charge >= 0.3 is 8.60 Å². The Labute approximate surface area is 711 Å². The van der Waals surface area contributed by atoms with Gasteiger partial charge in [0.15, 0.2) is 0 Å². The van der Waals surface area contributed by atoms with E-state index in [4.69, 9.17) is 33.3 Å². The van der Waals surface area contributed by atoms with Crippen LogP contribution < -0.4 is 0 Å². The van der Waals surface area contributed by atoms with Gasteiger partial charge in [0.2, 0.25) is 0 Å². The van der Waals surface area contributed by atoms with E-state index in [0.717, 1.165) is 96.3 Å². The third-order valence-corrected chi connectivity index (χ3v) is 26.8. The monoisotopic (exact) mass is 1580 g/mol. The Balaban J connectivity index is 2.11. The maximum atomic E-state index is 8.88. The molecule has 0 spiro atoms. The molecule has 6 aromatic rings. The molecule has 0 N–H and O–H groups in total. The van der Waals surface area contributed by atoms with E-state index in [1.165, 1.54) is 100 Å². The van der Waals surface area contributed by atoms with Gasteiger partial charge in [-0.05, 0) is 168 Å². The molecule has 0 aromatic heterocycles. The van der Waals surface area contributed by atoms with Crippen LogP contribution >= 0.6 is 8.60 Å². The van der Waals surface area contributed by atoms with Crippen LogP contribution in [0.4, 0.5) is 0 Å². The van der Waals surface area contributed by atoms with Crippen LogP contribution in [0.3, 0.4) is 0 Å². The highest BCUT2D eigenvalue weighted by molar-refractivity contribution is 7.41. The van der Waals surface area contributed by atoms with Crippen molar-refractivity contribution in [2.24, 2.45) is 0 Å². The minimum atomic E-state index is -2.39. The molecule has 0 heterocycles. The Hall–Kier alpha value is -5.15. The summed E-state index contributed by atoms with van der Waals surface area (Å²) >= 11 is 0. The normalized spacial score (nSPS) is 15.4. The van der Waals surface area contributed by atoms with E-state index in [2.05, 4.69) is 377 Å². The minimum absolute atomic E-state index is 0.284. The third-order valence-electron chi connectivity index (χ3n) is 25.8. The highest BCUT2D eigenvalue weighted by Gasteiger charge is 2.53. The quantitative estimate of drug-likeness (QED) is 0.0223. The molecule has 6 aromatic carbocycles. The molecule has 0 amide bonds. The van der Waals surface area contributed by atoms with Crippen molar-refractivity contribution in [3.8, 4) is 0 Å². The van der Waals surface area contributed by atoms with Crippen molar-refractivity contribution >= 4 is 8.60 Å². The van der Waals surface area contributed by atoms with Crippen LogP contribution in [0.2, 0.25) is 0 Å². The molecule has 0 aliphatic rings. The van der Waals surface area contributed by atoms with Gasteiger partial charge in [-0.1, -0.05) is 454 Å². The van der Waals surface area contributed by atoms with Gasteiger partial charge in [-0.3, -0.25) is 0 Å². The smallest absolute Gasteiger partial charge is 0.311 e. The first-order valence-electron chi connectivity index (χ1n) is 45.2. The first-order chi connectivity index (χ1) is 52.7. The Bertz CT molecular complexity index is 3680. The molecule has 0 saturated carbocycles. The lowest BCUT2D eigenvalue weighted by Crippen LogP contribution is -2.44. The SMILES string of the molecule is C=CC(C)(C)c1cccc(C(C)(C)C)c1C(CCCCCC)(COP(OCC(CCCCCC)(c1c(C(C)(C)C)cccc1C(C)(C)C)c1c(C(C)(C)C)cccc1C(C)(C)C=C)OCC(CCCCCC)(c1c(C(C)(C)C)cccc1C(C)(C)C)c1c(C(C)(C)C)cccc1C(C)(C)C=C)c1c(C(C)(C)C)cccc1C(C)(C)C. The summed E-state index contributed by atoms with van der Waals surface area (Å²) in [6.45, 7) is 102. The lowest BCUT2D eigenvalue weighted by molar-refractivity contribution is 0.103. The molecule has 115 heavy (non-hydrogen) atoms. The van der Waals surface area contributed by atoms with Crippen LogP contribution in [0.15, 0.2) is 147 Å². The Kier molecular flexibility index (Phi) is 32.1. The third kappa shape index (κ3) is 22.5. The zero-order valence-electron chi connectivity index (χ0n) is 81.1. The molecule has 0 radical (unpaired) electrons. The van der Waals surface area contributed by atoms with E-state index < -0.39 is 41.1 Å². The van der Waals surface area contributed by atoms with Crippen molar-refractivity contribution in [1.29, 1.82) is 0 Å². The molecule has 0 fully saturated rings. The fourth-order valence-electron chi connectivity index (χ4n) is 18.9. The number of hydrogen-bond acceptors (Lipinski definition) is 3. The molecule has 0 bridgehead atoms. The summed E-state index contributed by atoms with van der Waals surface area (Å²) in [6, 6.07) is 43.7. The van der Waals surface area contributed by atoms with Crippen molar-refractivity contribution < 1.29 is 13.6 Å². The summed E-state index contributed by atoms with van der Waals surface area (Å²) in [5.41, 5.74) is 17.8. The summed E-state index contributed by atoms with van der Waals surface area (Å²) in [5.74, 6) is 0. The highest BCUT2D eigenvalue weighted by atomic mass is 31.2. The zero-order chi connectivity index (χ0) is 87.2. The number of rotatable bonds is 36. The van der Waals surface area contributed by atoms with Crippen molar-refractivity contribution in [2.75, 3.05) is 19.8 Å². The minimum Gasteiger partial charge on any atom is -0.311 e. The fourth-order valence-corrected chi connectivity index (χ4v) is 20.1. The molecule has 0 aliphatic heterocycles. The largest absolute Gasteiger partial charge is 0.332 e. The van der Waals surface area contributed by atoms with Crippen LogP contribution in [0.1, 0.15) is 446 Å². The lowest BCUT2D eigenvalue weighted by atomic mass is 9.58. The molecule has 638 valence electrons. The predicted octanol–water partition coefficient (Wildman–Crippen LogP) is 33.2. The maximum Gasteiger partial charge on any atom is 0.332 e. The van der Waals surface area contributed by atoms with E-state index in [0.29, 0.717) is 19.8 Å². The van der Waals surface area contributed by atoms with Gasteiger partial charge in [-0.15, -0.1) is 19.7 Å². The van der Waals surface area contributed by atoms with Crippen LogP contribution in [-0.2, 0) is 94.8 Å². The number of benzene rings is 6. The van der Waals surface area contributed by atoms with E-state index in [-0.39, 0.29) is 48.7 Å². The number of unbranched alkanes of at least 4 members (excludes halogenated alkanes) is 9. The second-order valence-electron chi connectivity index (χ2n) is 46.1. The Morgan fingerprint density at radius 2 is 0.374 bits per heavy atom. The van der Waals surface area contributed by atoms with E-state index in [1.807, 2.05) is 0 Å². The van der Waals surface area contributed by atoms with Crippen LogP contribution in [0, 0.1) is 0 Å². The standard InChI is InChI=1S/C111H171O3P/c1-40-46-49-52-73-109(91-79(97(7,8)9)61-55-62-80(91)98(10,11)12,94-85(103(25,26)27)67-58-70-88(94)106(34,35)43-4)76-112-115(113-77-110(74-53-50-47-41-2,92-81(99(13,14)15)63-56-64-82(92)100(16,17)18)95-86(104(28,29)30)68-59-71-89(95)107(36,37)44-5)114-78-111(75-54-51-48-42-3,93-83(101(19,20)21)65-57-66-84(93)102(22,23)24)96-87(105(31,32)33)69-60-72-90(96)108(38,39)45-6/h43-45,55-72H,4-6,40-42,46-54,73-78H2,1-3,7-39H3. The summed E-state index contributed by atoms with van der Waals surface area (Å²) in [7, 11) is -2.39. The molecule has 0 saturated heterocycles. The predicted molar refractivity (Wildman–Crippen MR) is 510 cm³/mol. The second kappa shape index (κ2) is 37.5. The average Bonchev–Trinajstić information content (AvgIpc) is 0.722. The first-order valence-corrected chi connectivity index (χ1v) is 46.3. The summed E-state index contributed by atoms with van der Waals surface area (Å²) < 4.78 is 26.6. The highest BCUT2D eigenvalue weighted by Crippen LogP contribution is 2.61. The van der Waals surface area contributed by atoms with E-state index >= 15 is 0 Å². The van der Waals surface area contributed by atoms with Crippen molar-refractivity contribution in [1.82, 2.24) is 0 Å². The van der Waals surface area contributed by atoms with Crippen LogP contribution in [0.5, 0.6) is 0 Å². The Morgan fingerprint density at radius 3 is 0.513 bits per heavy atom. The average molecular weight is 1580 g/mol. The molecule has 6 rings (SSSR count). The van der Waals surface area contributed by atoms with Crippen molar-refractivity contribution in [3.63, 3.8) is 0 Å². The van der Waals surface area contributed by atoms with Gasteiger partial charge in [-0.2, -0.15) is 0 Å². The van der Waals surface area contributed by atoms with Gasteiger partial charge in [0, 0.05) is 32.5 Å². The van der Waals surface area contributed by atoms with E-state index in [1.54, 1.807) is 0 Å². The van der Waals surface area contributed by atoms with Crippen LogP contribution in [0.25, 0.3) is 0 Å². The van der Waals surface area contributed by atoms with Gasteiger partial charge in [0.25, 0.3) is 0 Å². The fraction of sp³-hybridized carbons (Fsp3) is 0.622. The molecule has 3 atom stereocenters. The van der Waals surface area contributed by atoms with Gasteiger partial charge in [0.05, 0.1) is 19.8 Å². The van der Waals surface area contributed by atoms with Crippen LogP contribution in [-0.4, -0.2) is 19.8 Å². The molecule has 0 aliphatic carbocycles. The summed E-state index contributed by atoms with van der Waals surface area (Å²) in [5, 5.41) is 0. The first kappa shape index (κ1) is 98.7. The van der Waals surface area contributed by atoms with Gasteiger partial charge in [0.1, 0.15) is 0 Å². The summed E-state index contributed by atoms with van der Waals surface area (Å²) in [6.07, 6.45) is 22.1. The topological polar surface area (TPSA) is 27.7 Å². The van der Waals surface area contributed by atoms with Crippen molar-refractivity contribution in [3.05, 3.63) is 247 Å². The second-order valence-corrected chi connectivity index (χ2v) is 47.3. The molecular formula is C111H171O3P. The molecule has 4 heteroatoms. The zero-order valence-corrected chi connectivity index (χ0v) is 82.0. The Morgan fingerprint density at radius 1 is 0.226 bits per heavy atom. The molecule has 3 nitrogen and oxygen atoms in total. The maximum absolute atomic E-state index is 8.88. The lowest BCUT2D eigenvalue weighted by Gasteiger charge is -2.48. The molecular weight excluding hydrogens is 1410 g/mol. The van der Waals surface area contributed by atoms with E-state index in [9.17, 15) is 0 Å². The number of hydrogen-bond donors (Lipinski definition) is 0. The van der Waals surface area contributed by atoms with Crippen molar-refractivity contribution in [2.45, 2.75) is 427 Å². The summed E-state index contributed by atoms with van der Waals surface area (Å²) in [4.78, 5) is 0. The molecule has 3 unspecified atom stereocenters. The van der Waals surface area contributed by atoms with Gasteiger partial charge < -0.3 is 13.6 Å². The number of allylic oxidation sites excluding steroid dienone is 3. The van der Waals surface area contributed by atoms with Gasteiger partial charge in [-0.25, -0.2) is 0 Å².